The van der Waals surface area contributed by atoms with Crippen LogP contribution in [-0.2, 0) is 6.54 Å². The highest BCUT2D eigenvalue weighted by Gasteiger charge is 2.00. The van der Waals surface area contributed by atoms with E-state index >= 15 is 0 Å². The molecule has 2 nitrogen and oxygen atoms in total. The maximum absolute atomic E-state index is 8.74. The van der Waals surface area contributed by atoms with Gasteiger partial charge in [0, 0.05) is 29.3 Å². The lowest BCUT2D eigenvalue weighted by Gasteiger charge is -2.04. The van der Waals surface area contributed by atoms with Crippen LogP contribution in [0.2, 0.25) is 0 Å². The smallest absolute Gasteiger partial charge is 0.0491 e. The zero-order valence-corrected chi connectivity index (χ0v) is 10.1. The third kappa shape index (κ3) is 2.41. The summed E-state index contributed by atoms with van der Waals surface area (Å²) in [6.45, 7) is 1.25. The second-order valence-corrected chi connectivity index (χ2v) is 4.56. The Hall–Kier alpha value is -0.800. The predicted octanol–water partition coefficient (Wildman–Crippen LogP) is 3.18. The van der Waals surface area contributed by atoms with E-state index < -0.39 is 0 Å². The average Bonchev–Trinajstić information content (AvgIpc) is 2.62. The molecular formula is C12H14BrNO. The molecule has 2 aromatic rings. The largest absolute Gasteiger partial charge is 0.396 e. The number of fused-ring (bicyclic) bond motifs is 1. The Labute approximate surface area is 97.7 Å². The SMILES string of the molecule is OCCCCn1ccc2ccc(Br)cc21. The molecule has 1 N–H and O–H groups in total. The molecule has 0 bridgehead atoms. The minimum atomic E-state index is 0.281. The molecule has 0 radical (unpaired) electrons. The van der Waals surface area contributed by atoms with Crippen molar-refractivity contribution < 1.29 is 5.11 Å². The third-order valence-electron chi connectivity index (χ3n) is 2.54. The molecule has 0 amide bonds. The van der Waals surface area contributed by atoms with Crippen molar-refractivity contribution in [3.05, 3.63) is 34.9 Å². The van der Waals surface area contributed by atoms with Gasteiger partial charge >= 0.3 is 0 Å². The fraction of sp³-hybridized carbons (Fsp3) is 0.333. The van der Waals surface area contributed by atoms with E-state index in [0.717, 1.165) is 23.9 Å². The van der Waals surface area contributed by atoms with E-state index in [9.17, 15) is 0 Å². The Morgan fingerprint density at radius 3 is 2.87 bits per heavy atom. The molecule has 3 heteroatoms. The Bertz CT molecular complexity index is 450. The van der Waals surface area contributed by atoms with Crippen LogP contribution >= 0.6 is 15.9 Å². The lowest BCUT2D eigenvalue weighted by Crippen LogP contribution is -1.97. The van der Waals surface area contributed by atoms with Crippen molar-refractivity contribution in [3.8, 4) is 0 Å². The minimum Gasteiger partial charge on any atom is -0.396 e. The first-order chi connectivity index (χ1) is 7.31. The molecule has 80 valence electrons. The molecule has 1 aromatic carbocycles. The Kier molecular flexibility index (Phi) is 3.44. The Morgan fingerprint density at radius 1 is 1.20 bits per heavy atom. The first kappa shape index (κ1) is 10.7. The quantitative estimate of drug-likeness (QED) is 0.846. The number of aliphatic hydroxyl groups excluding tert-OH is 1. The molecule has 0 atom stereocenters. The number of hydrogen-bond donors (Lipinski definition) is 1. The number of hydrogen-bond acceptors (Lipinski definition) is 1. The Morgan fingerprint density at radius 2 is 2.07 bits per heavy atom. The molecular weight excluding hydrogens is 254 g/mol. The van der Waals surface area contributed by atoms with Gasteiger partial charge < -0.3 is 9.67 Å². The van der Waals surface area contributed by atoms with Crippen LogP contribution in [0.15, 0.2) is 34.9 Å². The second kappa shape index (κ2) is 4.81. The molecule has 1 aromatic heterocycles. The molecule has 1 heterocycles. The first-order valence-electron chi connectivity index (χ1n) is 5.16. The number of aromatic nitrogens is 1. The summed E-state index contributed by atoms with van der Waals surface area (Å²) in [5, 5.41) is 10.0. The van der Waals surface area contributed by atoms with E-state index in [0.29, 0.717) is 0 Å². The zero-order chi connectivity index (χ0) is 10.7. The summed E-state index contributed by atoms with van der Waals surface area (Å²) in [5.74, 6) is 0. The number of benzene rings is 1. The van der Waals surface area contributed by atoms with Crippen molar-refractivity contribution in [2.75, 3.05) is 6.61 Å². The molecule has 2 rings (SSSR count). The van der Waals surface area contributed by atoms with Crippen LogP contribution in [-0.4, -0.2) is 16.3 Å². The van der Waals surface area contributed by atoms with E-state index in [4.69, 9.17) is 5.11 Å². The molecule has 0 unspecified atom stereocenters. The molecule has 15 heavy (non-hydrogen) atoms. The van der Waals surface area contributed by atoms with Gasteiger partial charge in [-0.05, 0) is 36.4 Å². The number of aryl methyl sites for hydroxylation is 1. The molecule has 0 aliphatic heterocycles. The Balaban J connectivity index is 2.23. The van der Waals surface area contributed by atoms with E-state index in [1.54, 1.807) is 0 Å². The number of unbranched alkanes of at least 4 members (excludes halogenated alkanes) is 1. The summed E-state index contributed by atoms with van der Waals surface area (Å²) in [7, 11) is 0. The van der Waals surface area contributed by atoms with Gasteiger partial charge in [-0.15, -0.1) is 0 Å². The monoisotopic (exact) mass is 267 g/mol. The number of halogens is 1. The fourth-order valence-corrected chi connectivity index (χ4v) is 2.10. The maximum Gasteiger partial charge on any atom is 0.0491 e. The third-order valence-corrected chi connectivity index (χ3v) is 3.04. The van der Waals surface area contributed by atoms with Crippen LogP contribution in [0.4, 0.5) is 0 Å². The van der Waals surface area contributed by atoms with Crippen molar-refractivity contribution >= 4 is 26.8 Å². The summed E-state index contributed by atoms with van der Waals surface area (Å²) < 4.78 is 3.34. The van der Waals surface area contributed by atoms with Crippen LogP contribution in [0.5, 0.6) is 0 Å². The normalized spacial score (nSPS) is 11.1. The molecule has 0 saturated carbocycles. The van der Waals surface area contributed by atoms with Gasteiger partial charge in [0.2, 0.25) is 0 Å². The summed E-state index contributed by atoms with van der Waals surface area (Å²) in [6.07, 6.45) is 3.99. The number of aliphatic hydroxyl groups is 1. The highest BCUT2D eigenvalue weighted by molar-refractivity contribution is 9.10. The average molecular weight is 268 g/mol. The van der Waals surface area contributed by atoms with Crippen molar-refractivity contribution in [2.45, 2.75) is 19.4 Å². The summed E-state index contributed by atoms with van der Waals surface area (Å²) in [5.41, 5.74) is 1.25. The number of rotatable bonds is 4. The zero-order valence-electron chi connectivity index (χ0n) is 8.49. The van der Waals surface area contributed by atoms with E-state index in [2.05, 4.69) is 51.0 Å². The summed E-state index contributed by atoms with van der Waals surface area (Å²) in [6, 6.07) is 8.43. The van der Waals surface area contributed by atoms with Crippen molar-refractivity contribution in [2.24, 2.45) is 0 Å². The van der Waals surface area contributed by atoms with E-state index in [1.165, 1.54) is 10.9 Å². The van der Waals surface area contributed by atoms with Crippen LogP contribution in [0.25, 0.3) is 10.9 Å². The predicted molar refractivity (Wildman–Crippen MR) is 66.0 cm³/mol. The summed E-state index contributed by atoms with van der Waals surface area (Å²) >= 11 is 3.48. The van der Waals surface area contributed by atoms with Crippen molar-refractivity contribution in [3.63, 3.8) is 0 Å². The van der Waals surface area contributed by atoms with Crippen LogP contribution in [0.3, 0.4) is 0 Å². The number of nitrogens with zero attached hydrogens (tertiary/aromatic N) is 1. The molecule has 0 fully saturated rings. The van der Waals surface area contributed by atoms with Gasteiger partial charge in [-0.25, -0.2) is 0 Å². The standard InChI is InChI=1S/C12H14BrNO/c13-11-4-3-10-5-7-14(12(10)9-11)6-1-2-8-15/h3-5,7,9,15H,1-2,6,8H2. The molecule has 0 spiro atoms. The lowest BCUT2D eigenvalue weighted by molar-refractivity contribution is 0.281. The van der Waals surface area contributed by atoms with Gasteiger partial charge in [0.25, 0.3) is 0 Å². The topological polar surface area (TPSA) is 25.2 Å². The van der Waals surface area contributed by atoms with Gasteiger partial charge in [-0.2, -0.15) is 0 Å². The van der Waals surface area contributed by atoms with Crippen LogP contribution in [0, 0.1) is 0 Å². The molecule has 0 aliphatic rings. The van der Waals surface area contributed by atoms with Gasteiger partial charge in [-0.3, -0.25) is 0 Å². The summed E-state index contributed by atoms with van der Waals surface area (Å²) in [4.78, 5) is 0. The highest BCUT2D eigenvalue weighted by Crippen LogP contribution is 2.21. The highest BCUT2D eigenvalue weighted by atomic mass is 79.9. The minimum absolute atomic E-state index is 0.281. The van der Waals surface area contributed by atoms with Crippen molar-refractivity contribution in [1.29, 1.82) is 0 Å². The fourth-order valence-electron chi connectivity index (χ4n) is 1.75. The van der Waals surface area contributed by atoms with Crippen LogP contribution < -0.4 is 0 Å². The first-order valence-corrected chi connectivity index (χ1v) is 5.96. The lowest BCUT2D eigenvalue weighted by atomic mass is 10.2. The van der Waals surface area contributed by atoms with Gasteiger partial charge in [0.15, 0.2) is 0 Å². The van der Waals surface area contributed by atoms with Gasteiger partial charge in [0.05, 0.1) is 0 Å². The van der Waals surface area contributed by atoms with Gasteiger partial charge in [-0.1, -0.05) is 22.0 Å². The molecule has 0 saturated heterocycles. The van der Waals surface area contributed by atoms with Crippen molar-refractivity contribution in [1.82, 2.24) is 4.57 Å². The molecule has 0 aliphatic carbocycles. The van der Waals surface area contributed by atoms with Gasteiger partial charge in [0.1, 0.15) is 0 Å². The van der Waals surface area contributed by atoms with E-state index in [-0.39, 0.29) is 6.61 Å². The van der Waals surface area contributed by atoms with E-state index in [1.807, 2.05) is 0 Å². The second-order valence-electron chi connectivity index (χ2n) is 3.64. The maximum atomic E-state index is 8.74. The van der Waals surface area contributed by atoms with Crippen LogP contribution in [0.1, 0.15) is 12.8 Å².